The number of aryl methyl sites for hydroxylation is 2. The smallest absolute Gasteiger partial charge is 0.264 e. The van der Waals surface area contributed by atoms with E-state index in [-0.39, 0.29) is 23.4 Å². The van der Waals surface area contributed by atoms with Crippen LogP contribution < -0.4 is 9.62 Å². The van der Waals surface area contributed by atoms with Crippen LogP contribution in [0.4, 0.5) is 10.1 Å². The molecule has 41 heavy (non-hydrogen) atoms. The van der Waals surface area contributed by atoms with E-state index >= 15 is 0 Å². The molecule has 1 saturated carbocycles. The van der Waals surface area contributed by atoms with E-state index in [0.717, 1.165) is 47.5 Å². The van der Waals surface area contributed by atoms with Crippen molar-refractivity contribution in [2.24, 2.45) is 0 Å². The van der Waals surface area contributed by atoms with Crippen molar-refractivity contribution in [3.63, 3.8) is 0 Å². The van der Waals surface area contributed by atoms with Crippen molar-refractivity contribution < 1.29 is 22.4 Å². The Balaban J connectivity index is 1.68. The molecule has 0 unspecified atom stereocenters. The van der Waals surface area contributed by atoms with Gasteiger partial charge in [-0.05, 0) is 86.7 Å². The number of halogens is 1. The Morgan fingerprint density at radius 1 is 0.927 bits per heavy atom. The van der Waals surface area contributed by atoms with Crippen LogP contribution in [-0.4, -0.2) is 43.8 Å². The third-order valence-corrected chi connectivity index (χ3v) is 9.56. The predicted molar refractivity (Wildman–Crippen MR) is 158 cm³/mol. The maximum absolute atomic E-state index is 14.0. The van der Waals surface area contributed by atoms with E-state index in [4.69, 9.17) is 0 Å². The highest BCUT2D eigenvalue weighted by atomic mass is 32.2. The molecular weight excluding hydrogens is 541 g/mol. The molecule has 1 N–H and O–H groups in total. The van der Waals surface area contributed by atoms with E-state index in [1.165, 1.54) is 29.2 Å². The van der Waals surface area contributed by atoms with Crippen LogP contribution in [0.5, 0.6) is 0 Å². The van der Waals surface area contributed by atoms with Crippen LogP contribution in [-0.2, 0) is 26.2 Å². The first-order chi connectivity index (χ1) is 19.6. The molecule has 1 fully saturated rings. The average Bonchev–Trinajstić information content (AvgIpc) is 2.97. The van der Waals surface area contributed by atoms with E-state index in [1.807, 2.05) is 19.9 Å². The van der Waals surface area contributed by atoms with Gasteiger partial charge < -0.3 is 10.2 Å². The second-order valence-corrected chi connectivity index (χ2v) is 12.6. The second kappa shape index (κ2) is 13.3. The summed E-state index contributed by atoms with van der Waals surface area (Å²) in [5.41, 5.74) is 2.85. The molecule has 0 saturated heterocycles. The SMILES string of the molecule is Cc1ccc(N(CC(=O)N(Cc2ccc(F)cc2)[C@@H](C)C(=O)NC2CCCCC2)S(=O)(=O)c2ccccc2)cc1C. The van der Waals surface area contributed by atoms with Gasteiger partial charge in [0.05, 0.1) is 10.6 Å². The van der Waals surface area contributed by atoms with Gasteiger partial charge in [-0.25, -0.2) is 12.8 Å². The molecule has 2 amide bonds. The monoisotopic (exact) mass is 579 g/mol. The number of amides is 2. The summed E-state index contributed by atoms with van der Waals surface area (Å²) in [4.78, 5) is 28.8. The molecule has 218 valence electrons. The minimum atomic E-state index is -4.12. The molecule has 1 aliphatic carbocycles. The number of anilines is 1. The zero-order valence-corrected chi connectivity index (χ0v) is 24.7. The van der Waals surface area contributed by atoms with Crippen LogP contribution in [0.15, 0.2) is 77.7 Å². The topological polar surface area (TPSA) is 86.8 Å². The van der Waals surface area contributed by atoms with Gasteiger partial charge >= 0.3 is 0 Å². The fourth-order valence-corrected chi connectivity index (χ4v) is 6.49. The fraction of sp³-hybridized carbons (Fsp3) is 0.375. The zero-order chi connectivity index (χ0) is 29.6. The lowest BCUT2D eigenvalue weighted by Gasteiger charge is -2.33. The number of benzene rings is 3. The van der Waals surface area contributed by atoms with Gasteiger partial charge in [0.15, 0.2) is 0 Å². The number of hydrogen-bond acceptors (Lipinski definition) is 4. The van der Waals surface area contributed by atoms with Crippen LogP contribution in [0.25, 0.3) is 0 Å². The summed E-state index contributed by atoms with van der Waals surface area (Å²) in [7, 11) is -4.12. The number of nitrogens with one attached hydrogen (secondary N) is 1. The van der Waals surface area contributed by atoms with E-state index in [1.54, 1.807) is 49.4 Å². The standard InChI is InChI=1S/C32H38FN3O4S/c1-23-14-19-29(20-24(23)2)36(41(39,40)30-12-8-5-9-13-30)22-31(37)35(21-26-15-17-27(33)18-16-26)25(3)32(38)34-28-10-6-4-7-11-28/h5,8-9,12-20,25,28H,4,6-7,10-11,21-22H2,1-3H3,(H,34,38)/t25-/m0/s1. The van der Waals surface area contributed by atoms with E-state index < -0.39 is 34.3 Å². The first-order valence-corrected chi connectivity index (χ1v) is 15.5. The molecule has 4 rings (SSSR count). The molecule has 3 aromatic carbocycles. The predicted octanol–water partition coefficient (Wildman–Crippen LogP) is 5.50. The maximum Gasteiger partial charge on any atom is 0.264 e. The first-order valence-electron chi connectivity index (χ1n) is 14.1. The molecule has 7 nitrogen and oxygen atoms in total. The summed E-state index contributed by atoms with van der Waals surface area (Å²) in [5, 5.41) is 3.08. The average molecular weight is 580 g/mol. The van der Waals surface area contributed by atoms with Crippen molar-refractivity contribution >= 4 is 27.5 Å². The maximum atomic E-state index is 14.0. The highest BCUT2D eigenvalue weighted by Gasteiger charge is 2.33. The molecule has 9 heteroatoms. The zero-order valence-electron chi connectivity index (χ0n) is 23.8. The third kappa shape index (κ3) is 7.52. The lowest BCUT2D eigenvalue weighted by atomic mass is 9.95. The van der Waals surface area contributed by atoms with Gasteiger partial charge in [-0.1, -0.05) is 55.7 Å². The van der Waals surface area contributed by atoms with Gasteiger partial charge in [-0.2, -0.15) is 0 Å². The summed E-state index contributed by atoms with van der Waals surface area (Å²) < 4.78 is 42.5. The van der Waals surface area contributed by atoms with Crippen molar-refractivity contribution in [1.29, 1.82) is 0 Å². The van der Waals surface area contributed by atoms with Gasteiger partial charge in [-0.3, -0.25) is 13.9 Å². The lowest BCUT2D eigenvalue weighted by Crippen LogP contribution is -2.53. The molecule has 0 spiro atoms. The Kier molecular flexibility index (Phi) is 9.81. The third-order valence-electron chi connectivity index (χ3n) is 7.77. The highest BCUT2D eigenvalue weighted by Crippen LogP contribution is 2.27. The Hall–Kier alpha value is -3.72. The molecule has 3 aromatic rings. The van der Waals surface area contributed by atoms with Crippen LogP contribution in [0.2, 0.25) is 0 Å². The van der Waals surface area contributed by atoms with Crippen LogP contribution >= 0.6 is 0 Å². The molecule has 0 heterocycles. The number of rotatable bonds is 10. The Morgan fingerprint density at radius 3 is 2.22 bits per heavy atom. The molecule has 0 radical (unpaired) electrons. The Labute approximate surface area is 242 Å². The normalized spacial score (nSPS) is 14.7. The highest BCUT2D eigenvalue weighted by molar-refractivity contribution is 7.92. The van der Waals surface area contributed by atoms with Gasteiger partial charge in [0, 0.05) is 12.6 Å². The van der Waals surface area contributed by atoms with Gasteiger partial charge in [0.1, 0.15) is 18.4 Å². The van der Waals surface area contributed by atoms with Gasteiger partial charge in [-0.15, -0.1) is 0 Å². The van der Waals surface area contributed by atoms with E-state index in [9.17, 15) is 22.4 Å². The van der Waals surface area contributed by atoms with Crippen molar-refractivity contribution in [3.05, 3.63) is 95.3 Å². The van der Waals surface area contributed by atoms with Crippen molar-refractivity contribution in [3.8, 4) is 0 Å². The largest absolute Gasteiger partial charge is 0.352 e. The number of hydrogen-bond donors (Lipinski definition) is 1. The molecule has 0 bridgehead atoms. The summed E-state index contributed by atoms with van der Waals surface area (Å²) in [5.74, 6) is -1.25. The number of carbonyl (C=O) groups is 2. The molecular formula is C32H38FN3O4S. The Morgan fingerprint density at radius 2 is 1.59 bits per heavy atom. The minimum absolute atomic E-state index is 0.0184. The van der Waals surface area contributed by atoms with Crippen LogP contribution in [0.3, 0.4) is 0 Å². The summed E-state index contributed by atoms with van der Waals surface area (Å²) in [6, 6.07) is 18.1. The number of nitrogens with zero attached hydrogens (tertiary/aromatic N) is 2. The first kappa shape index (κ1) is 30.2. The molecule has 1 atom stereocenters. The second-order valence-electron chi connectivity index (χ2n) is 10.8. The molecule has 0 aromatic heterocycles. The van der Waals surface area contributed by atoms with Crippen LogP contribution in [0.1, 0.15) is 55.7 Å². The minimum Gasteiger partial charge on any atom is -0.352 e. The van der Waals surface area contributed by atoms with Crippen molar-refractivity contribution in [1.82, 2.24) is 10.2 Å². The Bertz CT molecular complexity index is 1460. The number of sulfonamides is 1. The van der Waals surface area contributed by atoms with Crippen LogP contribution in [0, 0.1) is 19.7 Å². The lowest BCUT2D eigenvalue weighted by molar-refractivity contribution is -0.139. The fourth-order valence-electron chi connectivity index (χ4n) is 5.07. The van der Waals surface area contributed by atoms with Gasteiger partial charge in [0.2, 0.25) is 11.8 Å². The van der Waals surface area contributed by atoms with Crippen molar-refractivity contribution in [2.45, 2.75) is 76.4 Å². The molecule has 1 aliphatic rings. The quantitative estimate of drug-likeness (QED) is 0.344. The summed E-state index contributed by atoms with van der Waals surface area (Å²) in [6.45, 7) is 4.96. The number of carbonyl (C=O) groups excluding carboxylic acids is 2. The van der Waals surface area contributed by atoms with E-state index in [0.29, 0.717) is 11.3 Å². The summed E-state index contributed by atoms with van der Waals surface area (Å²) >= 11 is 0. The summed E-state index contributed by atoms with van der Waals surface area (Å²) in [6.07, 6.45) is 5.00. The van der Waals surface area contributed by atoms with Crippen molar-refractivity contribution in [2.75, 3.05) is 10.8 Å². The van der Waals surface area contributed by atoms with E-state index in [2.05, 4.69) is 5.32 Å². The van der Waals surface area contributed by atoms with Gasteiger partial charge in [0.25, 0.3) is 10.0 Å². The molecule has 0 aliphatic heterocycles.